The zero-order valence-corrected chi connectivity index (χ0v) is 19.7. The summed E-state index contributed by atoms with van der Waals surface area (Å²) in [6, 6.07) is 24.7. The molecule has 0 spiro atoms. The Morgan fingerprint density at radius 3 is 2.56 bits per heavy atom. The number of hydrogen-bond donors (Lipinski definition) is 0. The molecule has 0 aliphatic rings. The van der Waals surface area contributed by atoms with E-state index in [2.05, 4.69) is 58.0 Å². The van der Waals surface area contributed by atoms with Crippen molar-refractivity contribution in [3.05, 3.63) is 99.9 Å². The zero-order chi connectivity index (χ0) is 23.2. The second kappa shape index (κ2) is 8.08. The van der Waals surface area contributed by atoms with Crippen molar-refractivity contribution < 1.29 is 0 Å². The lowest BCUT2D eigenvalue weighted by Gasteiger charge is -2.05. The Morgan fingerprint density at radius 2 is 1.74 bits per heavy atom. The van der Waals surface area contributed by atoms with Gasteiger partial charge in [-0.3, -0.25) is 4.79 Å². The van der Waals surface area contributed by atoms with E-state index in [0.717, 1.165) is 28.1 Å². The fourth-order valence-electron chi connectivity index (χ4n) is 4.67. The molecule has 34 heavy (non-hydrogen) atoms. The molecule has 5 nitrogen and oxygen atoms in total. The summed E-state index contributed by atoms with van der Waals surface area (Å²) in [4.78, 5) is 18.9. The van der Waals surface area contributed by atoms with Crippen LogP contribution >= 0.6 is 11.3 Å². The summed E-state index contributed by atoms with van der Waals surface area (Å²) in [6.45, 7) is 4.88. The van der Waals surface area contributed by atoms with Crippen LogP contribution in [-0.4, -0.2) is 20.4 Å². The molecule has 0 radical (unpaired) electrons. The Balaban J connectivity index is 1.47. The fourth-order valence-corrected chi connectivity index (χ4v) is 5.65. The molecule has 3 aromatic carbocycles. The van der Waals surface area contributed by atoms with Gasteiger partial charge in [0.05, 0.1) is 11.6 Å². The van der Waals surface area contributed by atoms with Crippen molar-refractivity contribution in [2.75, 3.05) is 0 Å². The standard InChI is InChI=1S/C28H22N4OS/c1-3-31-24-12-8-7-11-21(24)22-15-19(13-14-25(22)31)16-29-32-18(2)30-27-26(28(32)33)23(17-34-27)20-9-5-4-6-10-20/h4-17H,3H2,1-2H3/b29-16+. The van der Waals surface area contributed by atoms with Crippen LogP contribution in [0, 0.1) is 6.92 Å². The first kappa shape index (κ1) is 20.6. The number of para-hydroxylation sites is 1. The van der Waals surface area contributed by atoms with Gasteiger partial charge in [0.25, 0.3) is 5.56 Å². The number of nitrogens with zero attached hydrogens (tertiary/aromatic N) is 4. The summed E-state index contributed by atoms with van der Waals surface area (Å²) in [5.41, 5.74) is 5.11. The maximum atomic E-state index is 13.5. The molecule has 166 valence electrons. The van der Waals surface area contributed by atoms with Gasteiger partial charge in [-0.25, -0.2) is 4.98 Å². The minimum atomic E-state index is -0.150. The highest BCUT2D eigenvalue weighted by Crippen LogP contribution is 2.31. The number of thiophene rings is 1. The predicted molar refractivity (Wildman–Crippen MR) is 142 cm³/mol. The van der Waals surface area contributed by atoms with Crippen LogP contribution in [0.4, 0.5) is 0 Å². The summed E-state index contributed by atoms with van der Waals surface area (Å²) in [5.74, 6) is 0.568. The van der Waals surface area contributed by atoms with E-state index >= 15 is 0 Å². The molecule has 3 heterocycles. The first-order valence-electron chi connectivity index (χ1n) is 11.3. The molecular weight excluding hydrogens is 440 g/mol. The van der Waals surface area contributed by atoms with Crippen molar-refractivity contribution in [3.63, 3.8) is 0 Å². The Kier molecular flexibility index (Phi) is 4.89. The third-order valence-corrected chi connectivity index (χ3v) is 7.14. The molecule has 0 aliphatic heterocycles. The summed E-state index contributed by atoms with van der Waals surface area (Å²) in [5, 5.41) is 9.58. The molecule has 3 aromatic heterocycles. The quantitative estimate of drug-likeness (QED) is 0.283. The van der Waals surface area contributed by atoms with Crippen LogP contribution in [0.5, 0.6) is 0 Å². The van der Waals surface area contributed by atoms with E-state index in [-0.39, 0.29) is 5.56 Å². The molecule has 6 heteroatoms. The SMILES string of the molecule is CCn1c2ccccc2c2cc(/C=N/n3c(C)nc4scc(-c5ccccc5)c4c3=O)ccc21. The summed E-state index contributed by atoms with van der Waals surface area (Å²) >= 11 is 1.49. The van der Waals surface area contributed by atoms with E-state index in [9.17, 15) is 4.79 Å². The van der Waals surface area contributed by atoms with Gasteiger partial charge in [-0.1, -0.05) is 54.6 Å². The normalized spacial score (nSPS) is 11.9. The molecule has 0 saturated carbocycles. The molecule has 6 rings (SSSR count). The lowest BCUT2D eigenvalue weighted by Crippen LogP contribution is -2.20. The fraction of sp³-hybridized carbons (Fsp3) is 0.107. The van der Waals surface area contributed by atoms with Gasteiger partial charge in [0.1, 0.15) is 10.7 Å². The number of aromatic nitrogens is 3. The van der Waals surface area contributed by atoms with Crippen LogP contribution < -0.4 is 5.56 Å². The molecule has 0 aliphatic carbocycles. The molecule has 0 saturated heterocycles. The lowest BCUT2D eigenvalue weighted by atomic mass is 10.1. The monoisotopic (exact) mass is 462 g/mol. The Labute approximate surface area is 200 Å². The minimum Gasteiger partial charge on any atom is -0.341 e. The van der Waals surface area contributed by atoms with Gasteiger partial charge >= 0.3 is 0 Å². The van der Waals surface area contributed by atoms with Gasteiger partial charge in [0.2, 0.25) is 0 Å². The smallest absolute Gasteiger partial charge is 0.283 e. The minimum absolute atomic E-state index is 0.150. The molecule has 0 unspecified atom stereocenters. The number of hydrogen-bond acceptors (Lipinski definition) is 4. The number of benzene rings is 3. The maximum Gasteiger partial charge on any atom is 0.283 e. The predicted octanol–water partition coefficient (Wildman–Crippen LogP) is 6.44. The largest absolute Gasteiger partial charge is 0.341 e. The lowest BCUT2D eigenvalue weighted by molar-refractivity contribution is 0.772. The third-order valence-electron chi connectivity index (χ3n) is 6.27. The van der Waals surface area contributed by atoms with Crippen LogP contribution in [0.1, 0.15) is 18.3 Å². The van der Waals surface area contributed by atoms with Crippen molar-refractivity contribution in [1.29, 1.82) is 0 Å². The molecule has 0 fully saturated rings. The molecule has 0 atom stereocenters. The maximum absolute atomic E-state index is 13.5. The second-order valence-corrected chi connectivity index (χ2v) is 9.11. The molecule has 6 aromatic rings. The van der Waals surface area contributed by atoms with E-state index in [1.54, 1.807) is 6.21 Å². The van der Waals surface area contributed by atoms with Gasteiger partial charge in [0, 0.05) is 39.3 Å². The van der Waals surface area contributed by atoms with Gasteiger partial charge < -0.3 is 4.57 Å². The Morgan fingerprint density at radius 1 is 0.971 bits per heavy atom. The number of aryl methyl sites for hydroxylation is 2. The van der Waals surface area contributed by atoms with Crippen LogP contribution in [0.2, 0.25) is 0 Å². The van der Waals surface area contributed by atoms with E-state index < -0.39 is 0 Å². The van der Waals surface area contributed by atoms with E-state index in [4.69, 9.17) is 0 Å². The summed E-state index contributed by atoms with van der Waals surface area (Å²) < 4.78 is 3.72. The average Bonchev–Trinajstić information content (AvgIpc) is 3.43. The third kappa shape index (κ3) is 3.18. The highest BCUT2D eigenvalue weighted by Gasteiger charge is 2.15. The van der Waals surface area contributed by atoms with E-state index in [1.807, 2.05) is 48.7 Å². The van der Waals surface area contributed by atoms with Crippen molar-refractivity contribution >= 4 is 49.6 Å². The molecular formula is C28H22N4OS. The van der Waals surface area contributed by atoms with Crippen molar-refractivity contribution in [3.8, 4) is 11.1 Å². The summed E-state index contributed by atoms with van der Waals surface area (Å²) in [7, 11) is 0. The van der Waals surface area contributed by atoms with Gasteiger partial charge in [-0.15, -0.1) is 11.3 Å². The van der Waals surface area contributed by atoms with Crippen molar-refractivity contribution in [2.24, 2.45) is 5.10 Å². The summed E-state index contributed by atoms with van der Waals surface area (Å²) in [6.07, 6.45) is 1.74. The van der Waals surface area contributed by atoms with Crippen molar-refractivity contribution in [1.82, 2.24) is 14.2 Å². The Bertz CT molecular complexity index is 1770. The van der Waals surface area contributed by atoms with Crippen LogP contribution in [0.3, 0.4) is 0 Å². The van der Waals surface area contributed by atoms with Gasteiger partial charge in [-0.05, 0) is 43.2 Å². The van der Waals surface area contributed by atoms with E-state index in [0.29, 0.717) is 11.2 Å². The highest BCUT2D eigenvalue weighted by molar-refractivity contribution is 7.17. The van der Waals surface area contributed by atoms with Crippen LogP contribution in [-0.2, 0) is 6.54 Å². The average molecular weight is 463 g/mol. The zero-order valence-electron chi connectivity index (χ0n) is 18.9. The van der Waals surface area contributed by atoms with Gasteiger partial charge in [-0.2, -0.15) is 9.78 Å². The second-order valence-electron chi connectivity index (χ2n) is 8.25. The molecule has 0 bridgehead atoms. The highest BCUT2D eigenvalue weighted by atomic mass is 32.1. The Hall–Kier alpha value is -4.03. The van der Waals surface area contributed by atoms with Crippen LogP contribution in [0.25, 0.3) is 43.1 Å². The van der Waals surface area contributed by atoms with E-state index in [1.165, 1.54) is 37.8 Å². The first-order valence-corrected chi connectivity index (χ1v) is 12.2. The van der Waals surface area contributed by atoms with Crippen LogP contribution in [0.15, 0.2) is 88.1 Å². The molecule has 0 N–H and O–H groups in total. The first-order chi connectivity index (χ1) is 16.7. The number of fused-ring (bicyclic) bond motifs is 4. The molecule has 0 amide bonds. The number of rotatable bonds is 4. The van der Waals surface area contributed by atoms with Gasteiger partial charge in [0.15, 0.2) is 0 Å². The van der Waals surface area contributed by atoms with Crippen molar-refractivity contribution in [2.45, 2.75) is 20.4 Å². The topological polar surface area (TPSA) is 52.2 Å².